The van der Waals surface area contributed by atoms with E-state index < -0.39 is 15.4 Å². The lowest BCUT2D eigenvalue weighted by Gasteiger charge is -2.27. The average molecular weight is 416 g/mol. The van der Waals surface area contributed by atoms with Crippen molar-refractivity contribution < 1.29 is 22.7 Å². The van der Waals surface area contributed by atoms with Crippen LogP contribution in [0.4, 0.5) is 11.4 Å². The maximum absolute atomic E-state index is 12.9. The summed E-state index contributed by atoms with van der Waals surface area (Å²) in [5.74, 6) is 0.788. The van der Waals surface area contributed by atoms with Crippen LogP contribution < -0.4 is 19.1 Å². The van der Waals surface area contributed by atoms with Crippen LogP contribution in [0.2, 0.25) is 0 Å². The molecule has 2 aromatic carbocycles. The summed E-state index contributed by atoms with van der Waals surface area (Å²) in [5, 5.41) is 0. The van der Waals surface area contributed by atoms with Crippen LogP contribution in [0.3, 0.4) is 0 Å². The molecule has 1 aliphatic rings. The summed E-state index contributed by atoms with van der Waals surface area (Å²) in [6.45, 7) is 7.84. The summed E-state index contributed by atoms with van der Waals surface area (Å²) >= 11 is 0. The molecule has 154 valence electrons. The Labute approximate surface area is 171 Å². The molecule has 0 bridgehead atoms. The Bertz CT molecular complexity index is 1050. The molecule has 0 spiro atoms. The van der Waals surface area contributed by atoms with Gasteiger partial charge in [-0.2, -0.15) is 0 Å². The van der Waals surface area contributed by atoms with Crippen molar-refractivity contribution in [1.29, 1.82) is 0 Å². The molecule has 0 unspecified atom stereocenters. The highest BCUT2D eigenvalue weighted by Gasteiger charge is 2.37. The standard InChI is InChI=1S/C21H24N2O5S/c1-5-11-23-18-10-9-15(12-19(18)28-14-21(2,3)20(23)24)22-29(25,26)17-8-6-7-16(13-17)27-4/h5-10,12-13,22H,1,11,14H2,2-4H3. The fraction of sp³-hybridized carbons (Fsp3) is 0.286. The minimum atomic E-state index is -3.82. The van der Waals surface area contributed by atoms with E-state index in [1.807, 2.05) is 13.8 Å². The SMILES string of the molecule is C=CCN1C(=O)C(C)(C)COc2cc(NS(=O)(=O)c3cccc(OC)c3)ccc21. The lowest BCUT2D eigenvalue weighted by Crippen LogP contribution is -2.42. The maximum atomic E-state index is 12.9. The van der Waals surface area contributed by atoms with Crippen LogP contribution in [0.25, 0.3) is 0 Å². The monoisotopic (exact) mass is 416 g/mol. The van der Waals surface area contributed by atoms with Gasteiger partial charge in [-0.3, -0.25) is 9.52 Å². The van der Waals surface area contributed by atoms with Crippen molar-refractivity contribution in [2.24, 2.45) is 5.41 Å². The number of sulfonamides is 1. The Morgan fingerprint density at radius 1 is 1.28 bits per heavy atom. The van der Waals surface area contributed by atoms with Crippen molar-refractivity contribution in [2.75, 3.05) is 29.9 Å². The van der Waals surface area contributed by atoms with E-state index in [9.17, 15) is 13.2 Å². The predicted molar refractivity (Wildman–Crippen MR) is 112 cm³/mol. The lowest BCUT2D eigenvalue weighted by molar-refractivity contribution is -0.127. The fourth-order valence-corrected chi connectivity index (χ4v) is 4.09. The Kier molecular flexibility index (Phi) is 5.57. The van der Waals surface area contributed by atoms with Gasteiger partial charge >= 0.3 is 0 Å². The van der Waals surface area contributed by atoms with E-state index >= 15 is 0 Å². The van der Waals surface area contributed by atoms with Crippen LogP contribution in [0.5, 0.6) is 11.5 Å². The zero-order valence-corrected chi connectivity index (χ0v) is 17.5. The summed E-state index contributed by atoms with van der Waals surface area (Å²) in [7, 11) is -2.35. The second kappa shape index (κ2) is 7.79. The highest BCUT2D eigenvalue weighted by atomic mass is 32.2. The Hall–Kier alpha value is -3.00. The number of methoxy groups -OCH3 is 1. The molecule has 1 N–H and O–H groups in total. The number of amides is 1. The molecule has 0 radical (unpaired) electrons. The van der Waals surface area contributed by atoms with Crippen LogP contribution in [0.15, 0.2) is 60.0 Å². The number of carbonyl (C=O) groups excluding carboxylic acids is 1. The van der Waals surface area contributed by atoms with Gasteiger partial charge in [0.1, 0.15) is 18.1 Å². The molecule has 1 heterocycles. The van der Waals surface area contributed by atoms with Gasteiger partial charge < -0.3 is 14.4 Å². The van der Waals surface area contributed by atoms with E-state index in [1.54, 1.807) is 41.3 Å². The molecule has 0 saturated carbocycles. The number of benzene rings is 2. The Morgan fingerprint density at radius 3 is 2.72 bits per heavy atom. The number of anilines is 2. The molecule has 0 fully saturated rings. The molecule has 0 atom stereocenters. The highest BCUT2D eigenvalue weighted by Crippen LogP contribution is 2.38. The number of ether oxygens (including phenoxy) is 2. The van der Waals surface area contributed by atoms with Gasteiger partial charge in [-0.1, -0.05) is 12.1 Å². The van der Waals surface area contributed by atoms with Gasteiger partial charge in [0, 0.05) is 18.7 Å². The normalized spacial score (nSPS) is 15.7. The Morgan fingerprint density at radius 2 is 2.03 bits per heavy atom. The molecule has 29 heavy (non-hydrogen) atoms. The first-order valence-electron chi connectivity index (χ1n) is 9.04. The second-order valence-corrected chi connectivity index (χ2v) is 9.03. The number of nitrogens with one attached hydrogen (secondary N) is 1. The molecule has 0 saturated heterocycles. The van der Waals surface area contributed by atoms with Gasteiger partial charge in [-0.25, -0.2) is 8.42 Å². The molecule has 1 amide bonds. The number of hydrogen-bond donors (Lipinski definition) is 1. The second-order valence-electron chi connectivity index (χ2n) is 7.34. The summed E-state index contributed by atoms with van der Waals surface area (Å²) in [6, 6.07) is 11.0. The van der Waals surface area contributed by atoms with Crippen LogP contribution in [-0.2, 0) is 14.8 Å². The number of rotatable bonds is 6. The molecule has 7 nitrogen and oxygen atoms in total. The van der Waals surface area contributed by atoms with Gasteiger partial charge in [0.15, 0.2) is 0 Å². The molecule has 8 heteroatoms. The molecular weight excluding hydrogens is 392 g/mol. The fourth-order valence-electron chi connectivity index (χ4n) is 3.00. The lowest BCUT2D eigenvalue weighted by atomic mass is 9.93. The zero-order valence-electron chi connectivity index (χ0n) is 16.6. The largest absolute Gasteiger partial charge is 0.497 e. The zero-order chi connectivity index (χ0) is 21.2. The molecule has 0 aliphatic carbocycles. The minimum absolute atomic E-state index is 0.0808. The molecule has 3 rings (SSSR count). The molecule has 0 aromatic heterocycles. The number of hydrogen-bond acceptors (Lipinski definition) is 5. The molecular formula is C21H24N2O5S. The van der Waals surface area contributed by atoms with E-state index in [4.69, 9.17) is 9.47 Å². The van der Waals surface area contributed by atoms with Gasteiger partial charge in [0.25, 0.3) is 10.0 Å². The number of fused-ring (bicyclic) bond motifs is 1. The van der Waals surface area contributed by atoms with Gasteiger partial charge in [0.05, 0.1) is 28.8 Å². The quantitative estimate of drug-likeness (QED) is 0.730. The van der Waals surface area contributed by atoms with Crippen LogP contribution >= 0.6 is 0 Å². The first kappa shape index (κ1) is 20.7. The van der Waals surface area contributed by atoms with E-state index in [0.717, 1.165) is 0 Å². The summed E-state index contributed by atoms with van der Waals surface area (Å²) in [5.41, 5.74) is 0.185. The van der Waals surface area contributed by atoms with E-state index in [1.165, 1.54) is 19.2 Å². The van der Waals surface area contributed by atoms with Crippen LogP contribution in [0, 0.1) is 5.41 Å². The first-order valence-corrected chi connectivity index (χ1v) is 10.5. The number of nitrogens with zero attached hydrogens (tertiary/aromatic N) is 1. The van der Waals surface area contributed by atoms with E-state index in [0.29, 0.717) is 29.4 Å². The Balaban J connectivity index is 1.95. The topological polar surface area (TPSA) is 84.9 Å². The minimum Gasteiger partial charge on any atom is -0.497 e. The van der Waals surface area contributed by atoms with Crippen LogP contribution in [0.1, 0.15) is 13.8 Å². The van der Waals surface area contributed by atoms with E-state index in [-0.39, 0.29) is 17.4 Å². The van der Waals surface area contributed by atoms with Crippen molar-refractivity contribution in [2.45, 2.75) is 18.7 Å². The van der Waals surface area contributed by atoms with Crippen molar-refractivity contribution in [1.82, 2.24) is 0 Å². The molecule has 2 aromatic rings. The van der Waals surface area contributed by atoms with Crippen LogP contribution in [-0.4, -0.2) is 34.6 Å². The number of carbonyl (C=O) groups is 1. The van der Waals surface area contributed by atoms with Crippen molar-refractivity contribution in [3.8, 4) is 11.5 Å². The molecule has 1 aliphatic heterocycles. The van der Waals surface area contributed by atoms with Gasteiger partial charge in [-0.05, 0) is 38.1 Å². The van der Waals surface area contributed by atoms with Crippen molar-refractivity contribution in [3.05, 3.63) is 55.1 Å². The summed E-state index contributed by atoms with van der Waals surface area (Å²) in [6.07, 6.45) is 1.64. The van der Waals surface area contributed by atoms with Gasteiger partial charge in [0.2, 0.25) is 5.91 Å². The van der Waals surface area contributed by atoms with Gasteiger partial charge in [-0.15, -0.1) is 6.58 Å². The predicted octanol–water partition coefficient (Wildman–Crippen LogP) is 3.43. The third-order valence-electron chi connectivity index (χ3n) is 4.58. The smallest absolute Gasteiger partial charge is 0.262 e. The highest BCUT2D eigenvalue weighted by molar-refractivity contribution is 7.92. The third-order valence-corrected chi connectivity index (χ3v) is 5.96. The average Bonchev–Trinajstić information content (AvgIpc) is 2.78. The maximum Gasteiger partial charge on any atom is 0.262 e. The van der Waals surface area contributed by atoms with Crippen molar-refractivity contribution >= 4 is 27.3 Å². The summed E-state index contributed by atoms with van der Waals surface area (Å²) < 4.78 is 39.0. The third kappa shape index (κ3) is 4.22. The van der Waals surface area contributed by atoms with E-state index in [2.05, 4.69) is 11.3 Å². The first-order chi connectivity index (χ1) is 13.7. The summed E-state index contributed by atoms with van der Waals surface area (Å²) in [4.78, 5) is 14.5. The van der Waals surface area contributed by atoms with Crippen molar-refractivity contribution in [3.63, 3.8) is 0 Å².